The van der Waals surface area contributed by atoms with Crippen molar-refractivity contribution in [1.29, 1.82) is 0 Å². The second-order valence-electron chi connectivity index (χ2n) is 4.32. The van der Waals surface area contributed by atoms with Crippen molar-refractivity contribution in [2.75, 3.05) is 14.1 Å². The molecule has 0 unspecified atom stereocenters. The maximum Gasteiger partial charge on any atom is 0.147 e. The molecule has 0 aliphatic rings. The van der Waals surface area contributed by atoms with Crippen molar-refractivity contribution in [2.24, 2.45) is 5.10 Å². The zero-order valence-electron chi connectivity index (χ0n) is 14.8. The fourth-order valence-corrected chi connectivity index (χ4v) is 2.94. The highest BCUT2D eigenvalue weighted by atomic mass is 79.9. The van der Waals surface area contributed by atoms with Gasteiger partial charge in [0.1, 0.15) is 11.5 Å². The Hall–Kier alpha value is -1.53. The summed E-state index contributed by atoms with van der Waals surface area (Å²) in [5.41, 5.74) is 4.68. The zero-order chi connectivity index (χ0) is 18.4. The van der Waals surface area contributed by atoms with Crippen molar-refractivity contribution < 1.29 is 13.6 Å². The fourth-order valence-electron chi connectivity index (χ4n) is 1.74. The van der Waals surface area contributed by atoms with E-state index in [9.17, 15) is 0 Å². The number of methoxy groups -OCH3 is 2. The third-order valence-electron chi connectivity index (χ3n) is 2.92. The molecule has 0 aliphatic heterocycles. The number of hydrogen-bond donors (Lipinski definition) is 1. The van der Waals surface area contributed by atoms with Gasteiger partial charge in [-0.15, -0.1) is 0 Å². The topological polar surface area (TPSA) is 42.8 Å². The first kappa shape index (κ1) is 13.0. The van der Waals surface area contributed by atoms with Crippen LogP contribution in [-0.4, -0.2) is 20.4 Å². The lowest BCUT2D eigenvalue weighted by Gasteiger charge is -2.08. The molecule has 0 aliphatic carbocycles. The Labute approximate surface area is 151 Å². The molecule has 116 valence electrons. The summed E-state index contributed by atoms with van der Waals surface area (Å²) in [6, 6.07) is 11.1. The van der Waals surface area contributed by atoms with E-state index in [1.165, 1.54) is 0 Å². The van der Waals surface area contributed by atoms with Crippen LogP contribution in [0.2, 0.25) is 0 Å². The van der Waals surface area contributed by atoms with Crippen LogP contribution in [0, 0.1) is 0 Å². The van der Waals surface area contributed by atoms with Gasteiger partial charge in [-0.25, -0.2) is 0 Å². The predicted molar refractivity (Wildman–Crippen MR) is 95.8 cm³/mol. The first-order chi connectivity index (χ1) is 11.8. The quantitative estimate of drug-likeness (QED) is 0.547. The van der Waals surface area contributed by atoms with Crippen molar-refractivity contribution >= 4 is 38.1 Å². The van der Waals surface area contributed by atoms with Gasteiger partial charge in [0.15, 0.2) is 0 Å². The molecule has 0 amide bonds. The summed E-state index contributed by atoms with van der Waals surface area (Å²) < 4.78 is 32.9. The maximum absolute atomic E-state index is 7.24. The van der Waals surface area contributed by atoms with Crippen LogP contribution >= 0.6 is 31.9 Å². The van der Waals surface area contributed by atoms with Gasteiger partial charge in [0.25, 0.3) is 0 Å². The molecule has 0 heterocycles. The highest BCUT2D eigenvalue weighted by Gasteiger charge is 2.08. The Kier molecular flexibility index (Phi) is 4.83. The molecule has 0 atom stereocenters. The van der Waals surface area contributed by atoms with Crippen molar-refractivity contribution in [2.45, 2.75) is 6.54 Å². The van der Waals surface area contributed by atoms with E-state index >= 15 is 0 Å². The van der Waals surface area contributed by atoms with Crippen LogP contribution in [0.3, 0.4) is 0 Å². The number of benzene rings is 2. The minimum atomic E-state index is -2.53. The summed E-state index contributed by atoms with van der Waals surface area (Å²) >= 11 is 6.64. The average Bonchev–Trinajstić information content (AvgIpc) is 2.57. The van der Waals surface area contributed by atoms with Crippen LogP contribution in [0.25, 0.3) is 0 Å². The number of nitrogens with zero attached hydrogens (tertiary/aromatic N) is 1. The average molecular weight is 431 g/mol. The van der Waals surface area contributed by atoms with Gasteiger partial charge in [-0.2, -0.15) is 5.10 Å². The highest BCUT2D eigenvalue weighted by molar-refractivity contribution is 9.11. The van der Waals surface area contributed by atoms with Gasteiger partial charge < -0.3 is 14.9 Å². The summed E-state index contributed by atoms with van der Waals surface area (Å²) in [7, 11) is -0.911. The molecule has 0 radical (unpaired) electrons. The Morgan fingerprint density at radius 1 is 1.18 bits per heavy atom. The number of nitrogens with one attached hydrogen (secondary N) is 1. The summed E-state index contributed by atoms with van der Waals surface area (Å²) in [4.78, 5) is 0. The zero-order valence-corrected chi connectivity index (χ0v) is 14.9. The molecule has 0 aromatic heterocycles. The largest absolute Gasteiger partial charge is 0.497 e. The molecule has 0 spiro atoms. The molecular formula is C16H16Br2N2O2. The number of hydrazone groups is 1. The molecule has 6 heteroatoms. The highest BCUT2D eigenvalue weighted by Crippen LogP contribution is 2.35. The van der Waals surface area contributed by atoms with E-state index in [0.29, 0.717) is 21.1 Å². The van der Waals surface area contributed by atoms with Crippen molar-refractivity contribution in [3.63, 3.8) is 0 Å². The van der Waals surface area contributed by atoms with Gasteiger partial charge in [-0.05, 0) is 55.6 Å². The van der Waals surface area contributed by atoms with Crippen LogP contribution in [0.1, 0.15) is 15.2 Å². The van der Waals surface area contributed by atoms with Crippen molar-refractivity contribution in [1.82, 2.24) is 5.43 Å². The molecule has 4 nitrogen and oxygen atoms in total. The van der Waals surface area contributed by atoms with E-state index < -0.39 is 7.04 Å². The summed E-state index contributed by atoms with van der Waals surface area (Å²) in [6.07, 6.45) is 1.59. The third-order valence-corrected chi connectivity index (χ3v) is 4.36. The van der Waals surface area contributed by atoms with Crippen molar-refractivity contribution in [3.8, 4) is 11.5 Å². The molecule has 0 bridgehead atoms. The monoisotopic (exact) mass is 429 g/mol. The molecule has 22 heavy (non-hydrogen) atoms. The van der Waals surface area contributed by atoms with Crippen LogP contribution in [-0.2, 0) is 6.54 Å². The van der Waals surface area contributed by atoms with E-state index in [1.807, 2.05) is 24.3 Å². The number of hydrogen-bond acceptors (Lipinski definition) is 4. The van der Waals surface area contributed by atoms with E-state index in [0.717, 1.165) is 11.3 Å². The first-order valence-electron chi connectivity index (χ1n) is 7.86. The predicted octanol–water partition coefficient (Wildman–Crippen LogP) is 4.35. The Bertz CT molecular complexity index is 750. The molecular weight excluding hydrogens is 412 g/mol. The van der Waals surface area contributed by atoms with Crippen molar-refractivity contribution in [3.05, 3.63) is 56.5 Å². The normalized spacial score (nSPS) is 13.3. The lowest BCUT2D eigenvalue weighted by atomic mass is 10.2. The molecule has 0 saturated carbocycles. The van der Waals surface area contributed by atoms with Gasteiger partial charge in [0, 0.05) is 5.56 Å². The van der Waals surface area contributed by atoms with E-state index in [1.54, 1.807) is 25.5 Å². The van der Waals surface area contributed by atoms with E-state index in [-0.39, 0.29) is 5.75 Å². The summed E-state index contributed by atoms with van der Waals surface area (Å²) in [6.45, 7) is 0.549. The lowest BCUT2D eigenvalue weighted by molar-refractivity contribution is 0.409. The van der Waals surface area contributed by atoms with Gasteiger partial charge in [0.05, 0.1) is 40.0 Å². The summed E-state index contributed by atoms with van der Waals surface area (Å²) in [5, 5.41) is 4.16. The molecule has 0 saturated heterocycles. The smallest absolute Gasteiger partial charge is 0.147 e. The van der Waals surface area contributed by atoms with Crippen LogP contribution in [0.4, 0.5) is 0 Å². The number of rotatable bonds is 6. The molecule has 2 aromatic carbocycles. The Morgan fingerprint density at radius 3 is 2.64 bits per heavy atom. The van der Waals surface area contributed by atoms with E-state index in [2.05, 4.69) is 42.4 Å². The first-order valence-corrected chi connectivity index (χ1v) is 7.94. The number of ether oxygens (including phenoxy) is 2. The SMILES string of the molecule is [2H]C([2H])([2H])Oc1c(Br)ccc(/C=N/NCc2ccc(OC)cc2)c1Br. The van der Waals surface area contributed by atoms with Crippen LogP contribution < -0.4 is 14.9 Å². The third kappa shape index (κ3) is 4.24. The van der Waals surface area contributed by atoms with Gasteiger partial charge in [-0.1, -0.05) is 18.2 Å². The number of halogens is 2. The Balaban J connectivity index is 2.03. The second kappa shape index (κ2) is 8.19. The Morgan fingerprint density at radius 2 is 1.95 bits per heavy atom. The standard InChI is InChI=1S/C16H16Br2N2O2/c1-21-13-6-3-11(4-7-13)9-19-20-10-12-5-8-14(17)16(22-2)15(12)18/h3-8,10,19H,9H2,1-2H3/b20-10+/i2D3. The molecule has 0 fully saturated rings. The van der Waals surface area contributed by atoms with E-state index in [4.69, 9.17) is 13.6 Å². The fraction of sp³-hybridized carbons (Fsp3) is 0.188. The molecule has 2 aromatic rings. The molecule has 1 N–H and O–H groups in total. The molecule has 2 rings (SSSR count). The summed E-state index contributed by atoms with van der Waals surface area (Å²) in [5.74, 6) is 1.01. The second-order valence-corrected chi connectivity index (χ2v) is 5.97. The van der Waals surface area contributed by atoms with Gasteiger partial charge in [-0.3, -0.25) is 0 Å². The van der Waals surface area contributed by atoms with Gasteiger partial charge in [0.2, 0.25) is 0 Å². The lowest BCUT2D eigenvalue weighted by Crippen LogP contribution is -2.05. The maximum atomic E-state index is 7.24. The minimum absolute atomic E-state index is 0.208. The minimum Gasteiger partial charge on any atom is -0.497 e. The van der Waals surface area contributed by atoms with Crippen LogP contribution in [0.15, 0.2) is 50.4 Å². The van der Waals surface area contributed by atoms with Crippen LogP contribution in [0.5, 0.6) is 11.5 Å². The van der Waals surface area contributed by atoms with Gasteiger partial charge >= 0.3 is 0 Å².